The largest absolute Gasteiger partial charge is 0.369 e. The van der Waals surface area contributed by atoms with Crippen molar-refractivity contribution in [1.82, 2.24) is 9.97 Å². The molecule has 0 aliphatic carbocycles. The van der Waals surface area contributed by atoms with E-state index in [4.69, 9.17) is 5.73 Å². The van der Waals surface area contributed by atoms with E-state index in [1.807, 2.05) is 23.4 Å². The Bertz CT molecular complexity index is 516. The van der Waals surface area contributed by atoms with Gasteiger partial charge in [0, 0.05) is 36.1 Å². The van der Waals surface area contributed by atoms with Crippen LogP contribution >= 0.6 is 27.3 Å². The molecule has 0 amide bonds. The second-order valence-corrected chi connectivity index (χ2v) is 5.44. The summed E-state index contributed by atoms with van der Waals surface area (Å²) in [4.78, 5) is 10.4. The number of hydrogen-bond donors (Lipinski definition) is 2. The number of thiophene rings is 1. The number of hydrogen-bond acceptors (Lipinski definition) is 6. The fourth-order valence-electron chi connectivity index (χ4n) is 1.42. The molecule has 2 aromatic heterocycles. The SMILES string of the molecule is CN(c1cc(NCCN)ncn1)c1cc(Br)cs1. The number of nitrogens with two attached hydrogens (primary N) is 1. The summed E-state index contributed by atoms with van der Waals surface area (Å²) in [7, 11) is 1.98. The number of rotatable bonds is 5. The van der Waals surface area contributed by atoms with Crippen LogP contribution in [0, 0.1) is 0 Å². The molecule has 0 aromatic carbocycles. The smallest absolute Gasteiger partial charge is 0.138 e. The third-order valence-corrected chi connectivity index (χ3v) is 4.10. The molecule has 0 bridgehead atoms. The van der Waals surface area contributed by atoms with Crippen LogP contribution in [0.5, 0.6) is 0 Å². The van der Waals surface area contributed by atoms with E-state index in [0.717, 1.165) is 21.1 Å². The molecule has 5 nitrogen and oxygen atoms in total. The molecule has 18 heavy (non-hydrogen) atoms. The third-order valence-electron chi connectivity index (χ3n) is 2.33. The average Bonchev–Trinajstić information content (AvgIpc) is 2.82. The Hall–Kier alpha value is -1.18. The highest BCUT2D eigenvalue weighted by atomic mass is 79.9. The van der Waals surface area contributed by atoms with Gasteiger partial charge in [0.15, 0.2) is 0 Å². The lowest BCUT2D eigenvalue weighted by Gasteiger charge is -2.16. The standard InChI is InChI=1S/C11H14BrN5S/c1-17(11-4-8(12)6-18-11)10-5-9(14-3-2-13)15-7-16-10/h4-7H,2-3,13H2,1H3,(H,14,15,16). The van der Waals surface area contributed by atoms with Crippen molar-refractivity contribution in [2.45, 2.75) is 0 Å². The summed E-state index contributed by atoms with van der Waals surface area (Å²) < 4.78 is 1.07. The van der Waals surface area contributed by atoms with E-state index in [1.54, 1.807) is 17.7 Å². The van der Waals surface area contributed by atoms with Crippen LogP contribution in [-0.4, -0.2) is 30.1 Å². The molecular formula is C11H14BrN5S. The first-order valence-electron chi connectivity index (χ1n) is 5.44. The summed E-state index contributed by atoms with van der Waals surface area (Å²) in [5.74, 6) is 1.63. The van der Waals surface area contributed by atoms with E-state index in [-0.39, 0.29) is 0 Å². The molecule has 0 aliphatic rings. The Balaban J connectivity index is 2.17. The first-order valence-corrected chi connectivity index (χ1v) is 7.11. The van der Waals surface area contributed by atoms with Gasteiger partial charge in [-0.2, -0.15) is 0 Å². The van der Waals surface area contributed by atoms with E-state index >= 15 is 0 Å². The maximum absolute atomic E-state index is 5.45. The van der Waals surface area contributed by atoms with Crippen LogP contribution in [0.2, 0.25) is 0 Å². The van der Waals surface area contributed by atoms with Gasteiger partial charge in [0.1, 0.15) is 18.0 Å². The highest BCUT2D eigenvalue weighted by Crippen LogP contribution is 2.31. The zero-order chi connectivity index (χ0) is 13.0. The Morgan fingerprint density at radius 1 is 1.44 bits per heavy atom. The van der Waals surface area contributed by atoms with Gasteiger partial charge in [-0.25, -0.2) is 9.97 Å². The third kappa shape index (κ3) is 3.18. The van der Waals surface area contributed by atoms with Crippen molar-refractivity contribution in [3.05, 3.63) is 28.3 Å². The average molecular weight is 328 g/mol. The second kappa shape index (κ2) is 6.12. The van der Waals surface area contributed by atoms with Crippen LogP contribution in [0.1, 0.15) is 0 Å². The van der Waals surface area contributed by atoms with Gasteiger partial charge in [0.2, 0.25) is 0 Å². The van der Waals surface area contributed by atoms with Crippen molar-refractivity contribution in [1.29, 1.82) is 0 Å². The monoisotopic (exact) mass is 327 g/mol. The van der Waals surface area contributed by atoms with Gasteiger partial charge in [0.25, 0.3) is 0 Å². The van der Waals surface area contributed by atoms with E-state index in [0.29, 0.717) is 13.1 Å². The first kappa shape index (κ1) is 13.3. The molecule has 0 radical (unpaired) electrons. The molecule has 7 heteroatoms. The number of aromatic nitrogens is 2. The zero-order valence-electron chi connectivity index (χ0n) is 9.93. The minimum absolute atomic E-state index is 0.576. The van der Waals surface area contributed by atoms with Crippen molar-refractivity contribution in [2.24, 2.45) is 5.73 Å². The minimum atomic E-state index is 0.576. The zero-order valence-corrected chi connectivity index (χ0v) is 12.3. The van der Waals surface area contributed by atoms with E-state index < -0.39 is 0 Å². The highest BCUT2D eigenvalue weighted by Gasteiger charge is 2.08. The number of halogens is 1. The van der Waals surface area contributed by atoms with Gasteiger partial charge in [-0.15, -0.1) is 11.3 Å². The molecular weight excluding hydrogens is 314 g/mol. The number of anilines is 3. The second-order valence-electron chi connectivity index (χ2n) is 3.64. The van der Waals surface area contributed by atoms with Crippen LogP contribution < -0.4 is 16.0 Å². The number of nitrogens with zero attached hydrogens (tertiary/aromatic N) is 3. The van der Waals surface area contributed by atoms with Crippen molar-refractivity contribution < 1.29 is 0 Å². The molecule has 96 valence electrons. The van der Waals surface area contributed by atoms with Crippen LogP contribution in [0.3, 0.4) is 0 Å². The van der Waals surface area contributed by atoms with Crippen LogP contribution in [-0.2, 0) is 0 Å². The summed E-state index contributed by atoms with van der Waals surface area (Å²) >= 11 is 5.10. The quantitative estimate of drug-likeness (QED) is 0.882. The van der Waals surface area contributed by atoms with Gasteiger partial charge in [-0.05, 0) is 22.0 Å². The van der Waals surface area contributed by atoms with E-state index in [2.05, 4.69) is 37.3 Å². The lowest BCUT2D eigenvalue weighted by Crippen LogP contribution is -2.15. The minimum Gasteiger partial charge on any atom is -0.369 e. The van der Waals surface area contributed by atoms with E-state index in [9.17, 15) is 0 Å². The summed E-state index contributed by atoms with van der Waals surface area (Å²) in [5, 5.41) is 6.30. The van der Waals surface area contributed by atoms with Crippen molar-refractivity contribution >= 4 is 43.9 Å². The lowest BCUT2D eigenvalue weighted by molar-refractivity contribution is 0.999. The van der Waals surface area contributed by atoms with Gasteiger partial charge in [0.05, 0.1) is 5.00 Å². The summed E-state index contributed by atoms with van der Waals surface area (Å²) in [5.41, 5.74) is 5.45. The molecule has 0 unspecified atom stereocenters. The molecule has 0 aliphatic heterocycles. The maximum atomic E-state index is 5.45. The Kier molecular flexibility index (Phi) is 4.51. The Morgan fingerprint density at radius 2 is 2.28 bits per heavy atom. The van der Waals surface area contributed by atoms with Crippen molar-refractivity contribution in [2.75, 3.05) is 30.4 Å². The van der Waals surface area contributed by atoms with Crippen molar-refractivity contribution in [3.8, 4) is 0 Å². The maximum Gasteiger partial charge on any atom is 0.138 e. The highest BCUT2D eigenvalue weighted by molar-refractivity contribution is 9.10. The molecule has 0 spiro atoms. The summed E-state index contributed by atoms with van der Waals surface area (Å²) in [6.07, 6.45) is 1.55. The summed E-state index contributed by atoms with van der Waals surface area (Å²) in [6.45, 7) is 1.28. The molecule has 0 fully saturated rings. The first-order chi connectivity index (χ1) is 8.70. The van der Waals surface area contributed by atoms with Gasteiger partial charge >= 0.3 is 0 Å². The van der Waals surface area contributed by atoms with Crippen LogP contribution in [0.15, 0.2) is 28.3 Å². The topological polar surface area (TPSA) is 67.1 Å². The molecule has 3 N–H and O–H groups in total. The fraction of sp³-hybridized carbons (Fsp3) is 0.273. The molecule has 0 saturated heterocycles. The number of nitrogens with one attached hydrogen (secondary N) is 1. The van der Waals surface area contributed by atoms with Crippen LogP contribution in [0.25, 0.3) is 0 Å². The Labute approximate surface area is 118 Å². The van der Waals surface area contributed by atoms with Gasteiger partial charge in [-0.1, -0.05) is 0 Å². The lowest BCUT2D eigenvalue weighted by atomic mass is 10.4. The molecule has 2 heterocycles. The summed E-state index contributed by atoms with van der Waals surface area (Å²) in [6, 6.07) is 3.96. The molecule has 2 aromatic rings. The van der Waals surface area contributed by atoms with Gasteiger partial charge in [-0.3, -0.25) is 0 Å². The van der Waals surface area contributed by atoms with Crippen LogP contribution in [0.4, 0.5) is 16.6 Å². The Morgan fingerprint density at radius 3 is 2.94 bits per heavy atom. The molecule has 2 rings (SSSR count). The fourth-order valence-corrected chi connectivity index (χ4v) is 2.82. The van der Waals surface area contributed by atoms with E-state index in [1.165, 1.54) is 0 Å². The van der Waals surface area contributed by atoms with Gasteiger partial charge < -0.3 is 16.0 Å². The predicted molar refractivity (Wildman–Crippen MR) is 79.7 cm³/mol. The molecule has 0 atom stereocenters. The predicted octanol–water partition coefficient (Wildman–Crippen LogP) is 2.44. The normalized spacial score (nSPS) is 10.4. The molecule has 0 saturated carbocycles. The van der Waals surface area contributed by atoms with Crippen molar-refractivity contribution in [3.63, 3.8) is 0 Å².